The Balaban J connectivity index is 1.53. The Morgan fingerprint density at radius 3 is 2.72 bits per heavy atom. The first kappa shape index (κ1) is 17.8. The second-order valence-corrected chi connectivity index (χ2v) is 7.81. The number of rotatable bonds is 8. The molecule has 7 heteroatoms. The van der Waals surface area contributed by atoms with E-state index in [9.17, 15) is 4.79 Å². The van der Waals surface area contributed by atoms with E-state index >= 15 is 0 Å². The number of carbonyl (C=O) groups is 1. The molecule has 1 aromatic carbocycles. The van der Waals surface area contributed by atoms with Gasteiger partial charge in [-0.3, -0.25) is 4.79 Å². The van der Waals surface area contributed by atoms with Gasteiger partial charge in [0.05, 0.1) is 5.25 Å². The number of benzene rings is 1. The first-order valence-corrected chi connectivity index (χ1v) is 9.67. The van der Waals surface area contributed by atoms with Gasteiger partial charge in [-0.15, -0.1) is 10.2 Å². The number of hydrogen-bond donors (Lipinski definition) is 2. The summed E-state index contributed by atoms with van der Waals surface area (Å²) >= 11 is 1.35. The topological polar surface area (TPSA) is 85.8 Å². The minimum atomic E-state index is -0.271. The lowest BCUT2D eigenvalue weighted by Gasteiger charge is -2.18. The van der Waals surface area contributed by atoms with Gasteiger partial charge in [-0.2, -0.15) is 0 Å². The fourth-order valence-electron chi connectivity index (χ4n) is 2.79. The van der Waals surface area contributed by atoms with Gasteiger partial charge in [0, 0.05) is 18.4 Å². The first-order chi connectivity index (χ1) is 12.1. The van der Waals surface area contributed by atoms with E-state index in [1.165, 1.54) is 22.0 Å². The standard InChI is InChI=1S/C18H25N5OS/c1-3-13(14-7-5-4-6-8-14)11-20-17(24)12(2)25-18-22-21-16(23(18)19)15-9-10-15/h4-8,12-13,15H,3,9-11,19H2,1-2H3,(H,20,24)/t12-,13-/m1/s1. The van der Waals surface area contributed by atoms with E-state index in [-0.39, 0.29) is 11.2 Å². The van der Waals surface area contributed by atoms with E-state index < -0.39 is 0 Å². The molecule has 3 rings (SSSR count). The number of carbonyl (C=O) groups excluding carboxylic acids is 1. The number of hydrogen-bond acceptors (Lipinski definition) is 5. The van der Waals surface area contributed by atoms with Gasteiger partial charge in [-0.05, 0) is 31.7 Å². The van der Waals surface area contributed by atoms with Crippen LogP contribution in [0.1, 0.15) is 56.3 Å². The van der Waals surface area contributed by atoms with Crippen molar-refractivity contribution in [3.8, 4) is 0 Å². The molecule has 3 N–H and O–H groups in total. The van der Waals surface area contributed by atoms with E-state index in [1.54, 1.807) is 0 Å². The maximum atomic E-state index is 12.4. The fourth-order valence-corrected chi connectivity index (χ4v) is 3.59. The molecule has 25 heavy (non-hydrogen) atoms. The number of nitrogen functional groups attached to an aromatic ring is 1. The van der Waals surface area contributed by atoms with Crippen LogP contribution in [0, 0.1) is 0 Å². The van der Waals surface area contributed by atoms with Gasteiger partial charge in [0.15, 0.2) is 5.82 Å². The van der Waals surface area contributed by atoms with Crippen molar-refractivity contribution in [2.75, 3.05) is 12.4 Å². The molecular weight excluding hydrogens is 334 g/mol. The van der Waals surface area contributed by atoms with Crippen LogP contribution >= 0.6 is 11.8 Å². The first-order valence-electron chi connectivity index (χ1n) is 8.79. The van der Waals surface area contributed by atoms with Crippen molar-refractivity contribution in [2.24, 2.45) is 0 Å². The molecule has 1 saturated carbocycles. The summed E-state index contributed by atoms with van der Waals surface area (Å²) in [6.45, 7) is 4.64. The molecule has 1 heterocycles. The van der Waals surface area contributed by atoms with Crippen LogP contribution in [0.3, 0.4) is 0 Å². The van der Waals surface area contributed by atoms with E-state index in [0.29, 0.717) is 23.5 Å². The van der Waals surface area contributed by atoms with E-state index in [0.717, 1.165) is 25.1 Å². The molecule has 0 aliphatic heterocycles. The smallest absolute Gasteiger partial charge is 0.233 e. The number of nitrogens with two attached hydrogens (primary N) is 1. The molecule has 134 valence electrons. The third kappa shape index (κ3) is 4.34. The zero-order valence-electron chi connectivity index (χ0n) is 14.7. The van der Waals surface area contributed by atoms with Crippen LogP contribution < -0.4 is 11.2 Å². The predicted octanol–water partition coefficient (Wildman–Crippen LogP) is 2.66. The van der Waals surface area contributed by atoms with Crippen LogP contribution in [0.2, 0.25) is 0 Å². The number of thioether (sulfide) groups is 1. The maximum absolute atomic E-state index is 12.4. The van der Waals surface area contributed by atoms with Crippen molar-refractivity contribution < 1.29 is 4.79 Å². The highest BCUT2D eigenvalue weighted by molar-refractivity contribution is 8.00. The molecule has 1 aliphatic rings. The van der Waals surface area contributed by atoms with Gasteiger partial charge in [0.2, 0.25) is 11.1 Å². The summed E-state index contributed by atoms with van der Waals surface area (Å²) < 4.78 is 1.53. The van der Waals surface area contributed by atoms with Crippen LogP contribution in [0.5, 0.6) is 0 Å². The van der Waals surface area contributed by atoms with Crippen molar-refractivity contribution in [1.82, 2.24) is 20.2 Å². The highest BCUT2D eigenvalue weighted by Crippen LogP contribution is 2.39. The lowest BCUT2D eigenvalue weighted by molar-refractivity contribution is -0.120. The number of nitrogens with zero attached hydrogens (tertiary/aromatic N) is 3. The van der Waals surface area contributed by atoms with Crippen LogP contribution in [-0.4, -0.2) is 32.6 Å². The predicted molar refractivity (Wildman–Crippen MR) is 100.0 cm³/mol. The van der Waals surface area contributed by atoms with Crippen molar-refractivity contribution in [2.45, 2.75) is 55.4 Å². The molecule has 6 nitrogen and oxygen atoms in total. The molecule has 1 aliphatic carbocycles. The van der Waals surface area contributed by atoms with Crippen LogP contribution in [0.25, 0.3) is 0 Å². The Morgan fingerprint density at radius 2 is 2.08 bits per heavy atom. The molecule has 0 bridgehead atoms. The molecular formula is C18H25N5OS. The van der Waals surface area contributed by atoms with Crippen molar-refractivity contribution in [3.63, 3.8) is 0 Å². The molecule has 0 radical (unpaired) electrons. The Morgan fingerprint density at radius 1 is 1.36 bits per heavy atom. The van der Waals surface area contributed by atoms with Crippen LogP contribution in [0.4, 0.5) is 0 Å². The molecule has 1 fully saturated rings. The molecule has 0 unspecified atom stereocenters. The monoisotopic (exact) mass is 359 g/mol. The summed E-state index contributed by atoms with van der Waals surface area (Å²) in [5, 5.41) is 11.7. The summed E-state index contributed by atoms with van der Waals surface area (Å²) in [5.41, 5.74) is 1.25. The number of aromatic nitrogens is 3. The largest absolute Gasteiger partial charge is 0.355 e. The minimum absolute atomic E-state index is 0.00430. The molecule has 0 saturated heterocycles. The second kappa shape index (κ2) is 7.91. The van der Waals surface area contributed by atoms with Gasteiger partial charge in [-0.25, -0.2) is 4.68 Å². The van der Waals surface area contributed by atoms with Crippen LogP contribution in [0.15, 0.2) is 35.5 Å². The fraction of sp³-hybridized carbons (Fsp3) is 0.500. The van der Waals surface area contributed by atoms with Gasteiger partial charge >= 0.3 is 0 Å². The summed E-state index contributed by atoms with van der Waals surface area (Å²) in [7, 11) is 0. The molecule has 2 atom stereocenters. The molecule has 1 aromatic heterocycles. The second-order valence-electron chi connectivity index (χ2n) is 6.51. The van der Waals surface area contributed by atoms with E-state index in [2.05, 4.69) is 34.6 Å². The quantitative estimate of drug-likeness (QED) is 0.559. The lowest BCUT2D eigenvalue weighted by atomic mass is 9.96. The zero-order chi connectivity index (χ0) is 17.8. The molecule has 2 aromatic rings. The van der Waals surface area contributed by atoms with Crippen LogP contribution in [-0.2, 0) is 4.79 Å². The van der Waals surface area contributed by atoms with Crippen molar-refractivity contribution in [3.05, 3.63) is 41.7 Å². The Bertz CT molecular complexity index is 714. The minimum Gasteiger partial charge on any atom is -0.355 e. The summed E-state index contributed by atoms with van der Waals surface area (Å²) in [4.78, 5) is 12.4. The Labute approximate surface area is 152 Å². The van der Waals surface area contributed by atoms with E-state index in [1.807, 2.05) is 25.1 Å². The number of amides is 1. The summed E-state index contributed by atoms with van der Waals surface area (Å²) in [5.74, 6) is 7.63. The van der Waals surface area contributed by atoms with Gasteiger partial charge in [-0.1, -0.05) is 49.0 Å². The lowest BCUT2D eigenvalue weighted by Crippen LogP contribution is -2.34. The Kier molecular flexibility index (Phi) is 5.63. The highest BCUT2D eigenvalue weighted by atomic mass is 32.2. The highest BCUT2D eigenvalue weighted by Gasteiger charge is 2.30. The zero-order valence-corrected chi connectivity index (χ0v) is 15.5. The third-order valence-corrected chi connectivity index (χ3v) is 5.63. The molecule has 0 spiro atoms. The van der Waals surface area contributed by atoms with Crippen molar-refractivity contribution >= 4 is 17.7 Å². The molecule has 1 amide bonds. The number of nitrogens with one attached hydrogen (secondary N) is 1. The summed E-state index contributed by atoms with van der Waals surface area (Å²) in [6.07, 6.45) is 3.22. The SMILES string of the molecule is CC[C@H](CNC(=O)[C@@H](C)Sc1nnc(C2CC2)n1N)c1ccccc1. The van der Waals surface area contributed by atoms with Crippen molar-refractivity contribution in [1.29, 1.82) is 0 Å². The van der Waals surface area contributed by atoms with E-state index in [4.69, 9.17) is 5.84 Å². The average molecular weight is 359 g/mol. The summed E-state index contributed by atoms with van der Waals surface area (Å²) in [6, 6.07) is 10.3. The Hall–Kier alpha value is -2.02. The van der Waals surface area contributed by atoms with Gasteiger partial charge < -0.3 is 11.2 Å². The third-order valence-electron chi connectivity index (χ3n) is 4.57. The van der Waals surface area contributed by atoms with Gasteiger partial charge in [0.25, 0.3) is 0 Å². The maximum Gasteiger partial charge on any atom is 0.233 e. The average Bonchev–Trinajstić information content (AvgIpc) is 3.41. The van der Waals surface area contributed by atoms with Gasteiger partial charge in [0.1, 0.15) is 0 Å². The normalized spacial score (nSPS) is 16.4.